The van der Waals surface area contributed by atoms with Gasteiger partial charge < -0.3 is 5.32 Å². The quantitative estimate of drug-likeness (QED) is 0.836. The molecule has 1 atom stereocenters. The molecule has 118 valence electrons. The number of nitrogens with zero attached hydrogens (tertiary/aromatic N) is 1. The van der Waals surface area contributed by atoms with Crippen molar-refractivity contribution in [2.24, 2.45) is 5.41 Å². The van der Waals surface area contributed by atoms with E-state index in [2.05, 4.69) is 21.2 Å². The van der Waals surface area contributed by atoms with Crippen molar-refractivity contribution in [2.45, 2.75) is 33.2 Å². The molecule has 1 aromatic rings. The van der Waals surface area contributed by atoms with Gasteiger partial charge in [-0.15, -0.1) is 0 Å². The first kappa shape index (κ1) is 16.7. The van der Waals surface area contributed by atoms with Gasteiger partial charge in [0, 0.05) is 15.5 Å². The van der Waals surface area contributed by atoms with E-state index in [-0.39, 0.29) is 12.3 Å². The van der Waals surface area contributed by atoms with Gasteiger partial charge in [0.05, 0.1) is 6.54 Å². The number of rotatable bonds is 3. The number of halogens is 1. The zero-order chi connectivity index (χ0) is 16.7. The topological polar surface area (TPSA) is 66.5 Å². The second-order valence-electron chi connectivity index (χ2n) is 6.60. The first-order valence-corrected chi connectivity index (χ1v) is 7.79. The number of ketones is 1. The van der Waals surface area contributed by atoms with Crippen LogP contribution >= 0.6 is 15.9 Å². The monoisotopic (exact) mass is 366 g/mol. The van der Waals surface area contributed by atoms with Gasteiger partial charge in [-0.2, -0.15) is 0 Å². The SMILES string of the molecule is CC(C)(C)C(=O)CN1C(=O)NC(C)(c2ccccc2Br)C1=O. The average molecular weight is 367 g/mol. The van der Waals surface area contributed by atoms with E-state index in [1.165, 1.54) is 0 Å². The van der Waals surface area contributed by atoms with Crippen LogP contribution in [0.4, 0.5) is 4.79 Å². The number of urea groups is 1. The van der Waals surface area contributed by atoms with E-state index in [1.807, 2.05) is 12.1 Å². The Balaban J connectivity index is 2.33. The number of amides is 3. The normalized spacial score (nSPS) is 22.0. The van der Waals surface area contributed by atoms with Crippen LogP contribution in [0.25, 0.3) is 0 Å². The smallest absolute Gasteiger partial charge is 0.319 e. The van der Waals surface area contributed by atoms with Crippen LogP contribution in [0.2, 0.25) is 0 Å². The largest absolute Gasteiger partial charge is 0.325 e. The highest BCUT2D eigenvalue weighted by molar-refractivity contribution is 9.10. The maximum Gasteiger partial charge on any atom is 0.325 e. The third kappa shape index (κ3) is 2.79. The zero-order valence-electron chi connectivity index (χ0n) is 13.1. The van der Waals surface area contributed by atoms with Crippen molar-refractivity contribution in [1.29, 1.82) is 0 Å². The highest BCUT2D eigenvalue weighted by Gasteiger charge is 2.50. The summed E-state index contributed by atoms with van der Waals surface area (Å²) in [5, 5.41) is 2.70. The van der Waals surface area contributed by atoms with Crippen LogP contribution < -0.4 is 5.32 Å². The van der Waals surface area contributed by atoms with Crippen molar-refractivity contribution >= 4 is 33.7 Å². The van der Waals surface area contributed by atoms with Crippen LogP contribution in [-0.4, -0.2) is 29.2 Å². The van der Waals surface area contributed by atoms with Gasteiger partial charge >= 0.3 is 6.03 Å². The molecule has 5 nitrogen and oxygen atoms in total. The summed E-state index contributed by atoms with van der Waals surface area (Å²) < 4.78 is 0.732. The van der Waals surface area contributed by atoms with Crippen molar-refractivity contribution in [3.63, 3.8) is 0 Å². The van der Waals surface area contributed by atoms with Crippen molar-refractivity contribution in [3.05, 3.63) is 34.3 Å². The van der Waals surface area contributed by atoms with E-state index >= 15 is 0 Å². The predicted octanol–water partition coefficient (Wildman–Crippen LogP) is 2.83. The number of imide groups is 1. The Morgan fingerprint density at radius 1 is 1.27 bits per heavy atom. The summed E-state index contributed by atoms with van der Waals surface area (Å²) >= 11 is 3.40. The first-order chi connectivity index (χ1) is 10.1. The van der Waals surface area contributed by atoms with Gasteiger partial charge in [0.15, 0.2) is 5.78 Å². The minimum Gasteiger partial charge on any atom is -0.319 e. The van der Waals surface area contributed by atoms with Crippen LogP contribution in [-0.2, 0) is 15.1 Å². The summed E-state index contributed by atoms with van der Waals surface area (Å²) in [6.45, 7) is 6.73. The lowest BCUT2D eigenvalue weighted by molar-refractivity contribution is -0.136. The summed E-state index contributed by atoms with van der Waals surface area (Å²) in [4.78, 5) is 38.0. The van der Waals surface area contributed by atoms with E-state index in [1.54, 1.807) is 39.8 Å². The molecule has 0 saturated carbocycles. The Labute approximate surface area is 138 Å². The molecule has 0 radical (unpaired) electrons. The molecule has 22 heavy (non-hydrogen) atoms. The molecule has 6 heteroatoms. The van der Waals surface area contributed by atoms with Gasteiger partial charge in [0.1, 0.15) is 5.54 Å². The molecule has 1 unspecified atom stereocenters. The van der Waals surface area contributed by atoms with Gasteiger partial charge in [0.2, 0.25) is 0 Å². The van der Waals surface area contributed by atoms with Gasteiger partial charge in [-0.1, -0.05) is 54.9 Å². The Kier molecular flexibility index (Phi) is 4.17. The molecular formula is C16H19BrN2O3. The molecule has 1 aliphatic heterocycles. The minimum atomic E-state index is -1.17. The standard InChI is InChI=1S/C16H19BrN2O3/c1-15(2,3)12(20)9-19-13(21)16(4,18-14(19)22)10-7-5-6-8-11(10)17/h5-8H,9H2,1-4H3,(H,18,22). The summed E-state index contributed by atoms with van der Waals surface area (Å²) in [7, 11) is 0. The molecule has 3 amide bonds. The highest BCUT2D eigenvalue weighted by Crippen LogP contribution is 2.33. The average Bonchev–Trinajstić information content (AvgIpc) is 2.62. The van der Waals surface area contributed by atoms with E-state index in [9.17, 15) is 14.4 Å². The van der Waals surface area contributed by atoms with E-state index in [0.29, 0.717) is 5.56 Å². The minimum absolute atomic E-state index is 0.160. The molecule has 1 heterocycles. The number of Topliss-reactive ketones (excluding diaryl/α,β-unsaturated/α-hetero) is 1. The highest BCUT2D eigenvalue weighted by atomic mass is 79.9. The van der Waals surface area contributed by atoms with Gasteiger partial charge in [-0.05, 0) is 13.0 Å². The summed E-state index contributed by atoms with van der Waals surface area (Å²) in [6, 6.07) is 6.67. The number of carbonyl (C=O) groups is 3. The molecule has 1 aliphatic rings. The second-order valence-corrected chi connectivity index (χ2v) is 7.45. The maximum absolute atomic E-state index is 12.7. The fourth-order valence-corrected chi connectivity index (χ4v) is 2.95. The molecule has 0 aromatic heterocycles. The van der Waals surface area contributed by atoms with Crippen LogP contribution in [0.1, 0.15) is 33.3 Å². The third-order valence-electron chi connectivity index (χ3n) is 3.83. The molecule has 1 N–H and O–H groups in total. The lowest BCUT2D eigenvalue weighted by atomic mass is 9.89. The third-order valence-corrected chi connectivity index (χ3v) is 4.52. The number of benzene rings is 1. The molecule has 0 aliphatic carbocycles. The fraction of sp³-hybridized carbons (Fsp3) is 0.438. The molecule has 0 spiro atoms. The Morgan fingerprint density at radius 2 is 1.86 bits per heavy atom. The predicted molar refractivity (Wildman–Crippen MR) is 86.2 cm³/mol. The van der Waals surface area contributed by atoms with Crippen molar-refractivity contribution in [1.82, 2.24) is 10.2 Å². The van der Waals surface area contributed by atoms with Crippen LogP contribution in [0, 0.1) is 5.41 Å². The van der Waals surface area contributed by atoms with Gasteiger partial charge in [-0.3, -0.25) is 14.5 Å². The molecule has 0 bridgehead atoms. The second kappa shape index (κ2) is 5.50. The number of hydrogen-bond donors (Lipinski definition) is 1. The fourth-order valence-electron chi connectivity index (χ4n) is 2.27. The van der Waals surface area contributed by atoms with Gasteiger partial charge in [-0.25, -0.2) is 4.79 Å². The maximum atomic E-state index is 12.7. The lowest BCUT2D eigenvalue weighted by Gasteiger charge is -2.24. The van der Waals surface area contributed by atoms with E-state index in [0.717, 1.165) is 9.37 Å². The van der Waals surface area contributed by atoms with E-state index < -0.39 is 22.9 Å². The van der Waals surface area contributed by atoms with E-state index in [4.69, 9.17) is 0 Å². The summed E-state index contributed by atoms with van der Waals surface area (Å²) in [5.74, 6) is -0.575. The molecule has 2 rings (SSSR count). The van der Waals surface area contributed by atoms with Gasteiger partial charge in [0.25, 0.3) is 5.91 Å². The Bertz CT molecular complexity index is 651. The number of nitrogens with one attached hydrogen (secondary N) is 1. The molecule has 1 saturated heterocycles. The van der Waals surface area contributed by atoms with Crippen molar-refractivity contribution in [3.8, 4) is 0 Å². The lowest BCUT2D eigenvalue weighted by Crippen LogP contribution is -2.43. The molecule has 1 aromatic carbocycles. The van der Waals surface area contributed by atoms with Crippen LogP contribution in [0.5, 0.6) is 0 Å². The first-order valence-electron chi connectivity index (χ1n) is 7.00. The number of carbonyl (C=O) groups excluding carboxylic acids is 3. The van der Waals surface area contributed by atoms with Crippen molar-refractivity contribution < 1.29 is 14.4 Å². The number of hydrogen-bond acceptors (Lipinski definition) is 3. The summed E-state index contributed by atoms with van der Waals surface area (Å²) in [5.41, 5.74) is -1.11. The van der Waals surface area contributed by atoms with Crippen LogP contribution in [0.3, 0.4) is 0 Å². The van der Waals surface area contributed by atoms with Crippen molar-refractivity contribution in [2.75, 3.05) is 6.54 Å². The zero-order valence-corrected chi connectivity index (χ0v) is 14.7. The Morgan fingerprint density at radius 3 is 2.41 bits per heavy atom. The molecular weight excluding hydrogens is 348 g/mol. The summed E-state index contributed by atoms with van der Waals surface area (Å²) in [6.07, 6.45) is 0. The van der Waals surface area contributed by atoms with Crippen LogP contribution in [0.15, 0.2) is 28.7 Å². The molecule has 1 fully saturated rings. The Hall–Kier alpha value is -1.69.